The Morgan fingerprint density at radius 2 is 2.11 bits per heavy atom. The minimum absolute atomic E-state index is 0.109. The van der Waals surface area contributed by atoms with Gasteiger partial charge in [-0.3, -0.25) is 14.4 Å². The molecule has 4 rings (SSSR count). The van der Waals surface area contributed by atoms with Crippen LogP contribution in [0.15, 0.2) is 4.52 Å². The molecule has 8 nitrogen and oxygen atoms in total. The summed E-state index contributed by atoms with van der Waals surface area (Å²) in [5.41, 5.74) is 2.80. The summed E-state index contributed by atoms with van der Waals surface area (Å²) in [5, 5.41) is 8.60. The van der Waals surface area contributed by atoms with E-state index in [9.17, 15) is 4.79 Å². The fourth-order valence-corrected chi connectivity index (χ4v) is 4.34. The number of amides is 1. The van der Waals surface area contributed by atoms with E-state index in [0.717, 1.165) is 68.7 Å². The second-order valence-electron chi connectivity index (χ2n) is 7.76. The first-order valence-corrected chi connectivity index (χ1v) is 9.88. The van der Waals surface area contributed by atoms with Crippen LogP contribution in [-0.4, -0.2) is 61.8 Å². The number of piperidine rings is 1. The monoisotopic (exact) mass is 372 g/mol. The third-order valence-electron chi connectivity index (χ3n) is 5.76. The maximum atomic E-state index is 13.3. The Labute approximate surface area is 159 Å². The van der Waals surface area contributed by atoms with Gasteiger partial charge >= 0.3 is 0 Å². The first-order chi connectivity index (χ1) is 13.0. The lowest BCUT2D eigenvalue weighted by atomic mass is 10.0. The molecule has 0 radical (unpaired) electrons. The van der Waals surface area contributed by atoms with Gasteiger partial charge in [0.1, 0.15) is 0 Å². The van der Waals surface area contributed by atoms with E-state index in [1.165, 1.54) is 0 Å². The number of nitrogens with zero attached hydrogens (tertiary/aromatic N) is 6. The van der Waals surface area contributed by atoms with E-state index < -0.39 is 0 Å². The molecule has 1 atom stereocenters. The Kier molecular flexibility index (Phi) is 4.99. The van der Waals surface area contributed by atoms with E-state index in [0.29, 0.717) is 18.3 Å². The zero-order valence-electron chi connectivity index (χ0n) is 16.4. The zero-order chi connectivity index (χ0) is 19.0. The minimum Gasteiger partial charge on any atom is -0.340 e. The van der Waals surface area contributed by atoms with Crippen molar-refractivity contribution in [3.05, 3.63) is 28.7 Å². The Morgan fingerprint density at radius 1 is 1.26 bits per heavy atom. The summed E-state index contributed by atoms with van der Waals surface area (Å²) in [6.07, 6.45) is 5.31. The van der Waals surface area contributed by atoms with Gasteiger partial charge in [-0.25, -0.2) is 0 Å². The van der Waals surface area contributed by atoms with Gasteiger partial charge in [0.25, 0.3) is 5.91 Å². The Morgan fingerprint density at radius 3 is 2.89 bits per heavy atom. The Bertz CT molecular complexity index is 826. The molecule has 0 bridgehead atoms. The molecule has 0 spiro atoms. The zero-order valence-corrected chi connectivity index (χ0v) is 16.4. The maximum Gasteiger partial charge on any atom is 0.257 e. The van der Waals surface area contributed by atoms with Crippen molar-refractivity contribution in [2.24, 2.45) is 0 Å². The first kappa shape index (κ1) is 18.2. The molecule has 1 unspecified atom stereocenters. The minimum atomic E-state index is 0.109. The highest BCUT2D eigenvalue weighted by Crippen LogP contribution is 2.25. The highest BCUT2D eigenvalue weighted by Gasteiger charge is 2.31. The van der Waals surface area contributed by atoms with Gasteiger partial charge in [0.05, 0.1) is 23.5 Å². The fourth-order valence-electron chi connectivity index (χ4n) is 4.34. The van der Waals surface area contributed by atoms with Gasteiger partial charge < -0.3 is 9.42 Å². The van der Waals surface area contributed by atoms with Gasteiger partial charge in [0, 0.05) is 33.1 Å². The molecule has 0 N–H and O–H groups in total. The summed E-state index contributed by atoms with van der Waals surface area (Å²) >= 11 is 0. The second kappa shape index (κ2) is 7.42. The van der Waals surface area contributed by atoms with Crippen LogP contribution in [-0.2, 0) is 19.5 Å². The smallest absolute Gasteiger partial charge is 0.257 e. The van der Waals surface area contributed by atoms with Crippen LogP contribution in [0, 0.1) is 13.8 Å². The summed E-state index contributed by atoms with van der Waals surface area (Å²) in [4.78, 5) is 21.8. The summed E-state index contributed by atoms with van der Waals surface area (Å²) < 4.78 is 7.11. The van der Waals surface area contributed by atoms with E-state index in [1.54, 1.807) is 6.92 Å². The van der Waals surface area contributed by atoms with Gasteiger partial charge in [-0.05, 0) is 45.6 Å². The summed E-state index contributed by atoms with van der Waals surface area (Å²) in [6.45, 7) is 7.17. The largest absolute Gasteiger partial charge is 0.340 e. The van der Waals surface area contributed by atoms with Crippen LogP contribution in [0.1, 0.15) is 59.1 Å². The molecule has 146 valence electrons. The fraction of sp³-hybridized carbons (Fsp3) is 0.684. The standard InChI is InChI=1S/C19H28N6O2/c1-13-18(16-8-4-5-10-25(16)21-13)19(26)23(3)15-7-6-9-24(11-15)12-17-20-14(2)27-22-17/h15H,4-12H2,1-3H3. The number of carbonyl (C=O) groups excluding carboxylic acids is 1. The molecule has 4 heterocycles. The van der Waals surface area contributed by atoms with Crippen LogP contribution >= 0.6 is 0 Å². The van der Waals surface area contributed by atoms with Crippen molar-refractivity contribution in [1.82, 2.24) is 29.7 Å². The van der Waals surface area contributed by atoms with Crippen molar-refractivity contribution in [3.8, 4) is 0 Å². The lowest BCUT2D eigenvalue weighted by molar-refractivity contribution is 0.0603. The Balaban J connectivity index is 1.46. The molecule has 2 aliphatic heterocycles. The topological polar surface area (TPSA) is 80.3 Å². The van der Waals surface area contributed by atoms with Crippen molar-refractivity contribution >= 4 is 5.91 Å². The van der Waals surface area contributed by atoms with E-state index in [1.807, 2.05) is 23.6 Å². The number of rotatable bonds is 4. The highest BCUT2D eigenvalue weighted by atomic mass is 16.5. The number of hydrogen-bond acceptors (Lipinski definition) is 6. The van der Waals surface area contributed by atoms with Crippen LogP contribution in [0.2, 0.25) is 0 Å². The van der Waals surface area contributed by atoms with E-state index in [2.05, 4.69) is 20.1 Å². The summed E-state index contributed by atoms with van der Waals surface area (Å²) in [6, 6.07) is 0.192. The van der Waals surface area contributed by atoms with Gasteiger partial charge in [-0.15, -0.1) is 0 Å². The SMILES string of the molecule is Cc1nc(CN2CCCC(N(C)C(=O)c3c(C)nn4c3CCCC4)C2)no1. The second-order valence-corrected chi connectivity index (χ2v) is 7.76. The van der Waals surface area contributed by atoms with Crippen molar-refractivity contribution in [3.63, 3.8) is 0 Å². The number of hydrogen-bond donors (Lipinski definition) is 0. The van der Waals surface area contributed by atoms with E-state index in [4.69, 9.17) is 4.52 Å². The third kappa shape index (κ3) is 3.63. The van der Waals surface area contributed by atoms with Crippen LogP contribution in [0.5, 0.6) is 0 Å². The lowest BCUT2D eigenvalue weighted by Gasteiger charge is -2.37. The van der Waals surface area contributed by atoms with Crippen LogP contribution in [0.3, 0.4) is 0 Å². The number of aryl methyl sites for hydroxylation is 3. The van der Waals surface area contributed by atoms with Crippen molar-refractivity contribution in [2.45, 2.75) is 65.1 Å². The van der Waals surface area contributed by atoms with Gasteiger partial charge in [0.15, 0.2) is 5.82 Å². The molecule has 0 aliphatic carbocycles. The number of fused-ring (bicyclic) bond motifs is 1. The summed E-state index contributed by atoms with van der Waals surface area (Å²) in [7, 11) is 1.93. The number of aromatic nitrogens is 4. The predicted octanol–water partition coefficient (Wildman–Crippen LogP) is 1.96. The molecule has 1 fully saturated rings. The van der Waals surface area contributed by atoms with Crippen LogP contribution < -0.4 is 0 Å². The van der Waals surface area contributed by atoms with E-state index in [-0.39, 0.29) is 11.9 Å². The molecule has 2 aromatic rings. The molecule has 1 amide bonds. The predicted molar refractivity (Wildman–Crippen MR) is 99.3 cm³/mol. The van der Waals surface area contributed by atoms with Crippen molar-refractivity contribution in [1.29, 1.82) is 0 Å². The van der Waals surface area contributed by atoms with Crippen molar-refractivity contribution < 1.29 is 9.32 Å². The van der Waals surface area contributed by atoms with Gasteiger partial charge in [0.2, 0.25) is 5.89 Å². The third-order valence-corrected chi connectivity index (χ3v) is 5.76. The maximum absolute atomic E-state index is 13.3. The van der Waals surface area contributed by atoms with Crippen LogP contribution in [0.4, 0.5) is 0 Å². The van der Waals surface area contributed by atoms with Gasteiger partial charge in [-0.2, -0.15) is 10.1 Å². The number of carbonyl (C=O) groups is 1. The van der Waals surface area contributed by atoms with Crippen molar-refractivity contribution in [2.75, 3.05) is 20.1 Å². The summed E-state index contributed by atoms with van der Waals surface area (Å²) in [5.74, 6) is 1.41. The Hall–Kier alpha value is -2.22. The molecule has 2 aromatic heterocycles. The number of likely N-dealkylation sites (N-methyl/N-ethyl adjacent to an activating group) is 1. The molecular formula is C19H28N6O2. The van der Waals surface area contributed by atoms with Gasteiger partial charge in [-0.1, -0.05) is 5.16 Å². The normalized spacial score (nSPS) is 20.5. The first-order valence-electron chi connectivity index (χ1n) is 9.88. The molecule has 8 heteroatoms. The van der Waals surface area contributed by atoms with Crippen LogP contribution in [0.25, 0.3) is 0 Å². The molecule has 2 aliphatic rings. The highest BCUT2D eigenvalue weighted by molar-refractivity contribution is 5.96. The van der Waals surface area contributed by atoms with E-state index >= 15 is 0 Å². The molecule has 0 aromatic carbocycles. The average molecular weight is 372 g/mol. The molecule has 0 saturated carbocycles. The quantitative estimate of drug-likeness (QED) is 0.816. The molecule has 27 heavy (non-hydrogen) atoms. The number of likely N-dealkylation sites (tertiary alicyclic amines) is 1. The lowest BCUT2D eigenvalue weighted by Crippen LogP contribution is -2.48. The molecular weight excluding hydrogens is 344 g/mol. The average Bonchev–Trinajstić information content (AvgIpc) is 3.22. The molecule has 1 saturated heterocycles.